The fourth-order valence-electron chi connectivity index (χ4n) is 2.24. The van der Waals surface area contributed by atoms with Crippen LogP contribution in [0.3, 0.4) is 0 Å². The van der Waals surface area contributed by atoms with Crippen LogP contribution in [-0.4, -0.2) is 28.2 Å². The maximum Gasteiger partial charge on any atom is 0.140 e. The number of nitrogens with zero attached hydrogens (tertiary/aromatic N) is 2. The number of Topliss-reactive ketones (excluding diaryl/α,β-unsaturated/α-hetero) is 1. The molecule has 1 saturated heterocycles. The number of rotatable bonds is 5. The van der Waals surface area contributed by atoms with Gasteiger partial charge in [0.1, 0.15) is 5.78 Å². The van der Waals surface area contributed by atoms with E-state index in [1.54, 1.807) is 0 Å². The van der Waals surface area contributed by atoms with E-state index in [-0.39, 0.29) is 0 Å². The van der Waals surface area contributed by atoms with Gasteiger partial charge in [0, 0.05) is 24.7 Å². The van der Waals surface area contributed by atoms with Crippen molar-refractivity contribution < 1.29 is 4.79 Å². The van der Waals surface area contributed by atoms with Crippen molar-refractivity contribution in [2.75, 3.05) is 6.54 Å². The molecular weight excluding hydrogens is 214 g/mol. The maximum atomic E-state index is 11.9. The molecular formula is C13H21N3O. The number of carbonyl (C=O) groups excluding carboxylic acids is 1. The SMILES string of the molecule is CC(C)n1ccc(CC(=O)CC2CCCN2)n1. The first-order chi connectivity index (χ1) is 8.15. The van der Waals surface area contributed by atoms with E-state index in [1.165, 1.54) is 6.42 Å². The molecule has 1 aromatic heterocycles. The van der Waals surface area contributed by atoms with Gasteiger partial charge in [0.25, 0.3) is 0 Å². The van der Waals surface area contributed by atoms with E-state index in [0.717, 1.165) is 18.7 Å². The third-order valence-corrected chi connectivity index (χ3v) is 3.21. The van der Waals surface area contributed by atoms with Crippen molar-refractivity contribution in [1.29, 1.82) is 0 Å². The minimum Gasteiger partial charge on any atom is -0.314 e. The van der Waals surface area contributed by atoms with Gasteiger partial charge in [-0.2, -0.15) is 5.10 Å². The molecule has 2 heterocycles. The number of ketones is 1. The zero-order valence-electron chi connectivity index (χ0n) is 10.6. The largest absolute Gasteiger partial charge is 0.314 e. The van der Waals surface area contributed by atoms with Crippen molar-refractivity contribution in [3.05, 3.63) is 18.0 Å². The molecule has 0 bridgehead atoms. The van der Waals surface area contributed by atoms with Crippen molar-refractivity contribution >= 4 is 5.78 Å². The highest BCUT2D eigenvalue weighted by atomic mass is 16.1. The molecule has 2 rings (SSSR count). The van der Waals surface area contributed by atoms with Gasteiger partial charge in [-0.1, -0.05) is 0 Å². The molecule has 1 aromatic rings. The normalized spacial score (nSPS) is 20.1. The van der Waals surface area contributed by atoms with Crippen LogP contribution in [-0.2, 0) is 11.2 Å². The quantitative estimate of drug-likeness (QED) is 0.845. The van der Waals surface area contributed by atoms with E-state index in [1.807, 2.05) is 16.9 Å². The highest BCUT2D eigenvalue weighted by Crippen LogP contribution is 2.11. The Morgan fingerprint density at radius 1 is 1.65 bits per heavy atom. The summed E-state index contributed by atoms with van der Waals surface area (Å²) in [5.74, 6) is 0.290. The molecule has 1 atom stereocenters. The number of carbonyl (C=O) groups is 1. The van der Waals surface area contributed by atoms with Crippen LogP contribution < -0.4 is 5.32 Å². The van der Waals surface area contributed by atoms with Crippen molar-refractivity contribution in [2.24, 2.45) is 0 Å². The number of hydrogen-bond acceptors (Lipinski definition) is 3. The lowest BCUT2D eigenvalue weighted by Gasteiger charge is -2.08. The summed E-state index contributed by atoms with van der Waals surface area (Å²) in [6, 6.07) is 2.70. The topological polar surface area (TPSA) is 46.9 Å². The lowest BCUT2D eigenvalue weighted by molar-refractivity contribution is -0.118. The summed E-state index contributed by atoms with van der Waals surface area (Å²) in [4.78, 5) is 11.9. The molecule has 17 heavy (non-hydrogen) atoms. The number of aromatic nitrogens is 2. The summed E-state index contributed by atoms with van der Waals surface area (Å²) in [6.45, 7) is 5.22. The standard InChI is InChI=1S/C13H21N3O/c1-10(2)16-7-5-12(15-16)9-13(17)8-11-4-3-6-14-11/h5,7,10-11,14H,3-4,6,8-9H2,1-2H3. The highest BCUT2D eigenvalue weighted by Gasteiger charge is 2.18. The predicted octanol–water partition coefficient (Wildman–Crippen LogP) is 1.72. The van der Waals surface area contributed by atoms with Gasteiger partial charge in [-0.25, -0.2) is 0 Å². The van der Waals surface area contributed by atoms with E-state index in [0.29, 0.717) is 30.7 Å². The summed E-state index contributed by atoms with van der Waals surface area (Å²) < 4.78 is 1.90. The van der Waals surface area contributed by atoms with Crippen LogP contribution in [0.5, 0.6) is 0 Å². The van der Waals surface area contributed by atoms with Gasteiger partial charge in [-0.15, -0.1) is 0 Å². The van der Waals surface area contributed by atoms with E-state index in [2.05, 4.69) is 24.3 Å². The summed E-state index contributed by atoms with van der Waals surface area (Å²) >= 11 is 0. The predicted molar refractivity (Wildman–Crippen MR) is 67.0 cm³/mol. The third-order valence-electron chi connectivity index (χ3n) is 3.21. The Balaban J connectivity index is 1.84. The molecule has 1 unspecified atom stereocenters. The Labute approximate surface area is 102 Å². The zero-order valence-corrected chi connectivity index (χ0v) is 10.6. The van der Waals surface area contributed by atoms with Crippen LogP contribution in [0.25, 0.3) is 0 Å². The molecule has 4 heteroatoms. The highest BCUT2D eigenvalue weighted by molar-refractivity contribution is 5.81. The maximum absolute atomic E-state index is 11.9. The van der Waals surface area contributed by atoms with Crippen LogP contribution >= 0.6 is 0 Å². The molecule has 4 nitrogen and oxygen atoms in total. The van der Waals surface area contributed by atoms with E-state index in [9.17, 15) is 4.79 Å². The molecule has 1 aliphatic rings. The summed E-state index contributed by atoms with van der Waals surface area (Å²) in [5, 5.41) is 7.75. The Hall–Kier alpha value is -1.16. The molecule has 0 radical (unpaired) electrons. The molecule has 0 aliphatic carbocycles. The average molecular weight is 235 g/mol. The van der Waals surface area contributed by atoms with Gasteiger partial charge in [-0.05, 0) is 39.3 Å². The van der Waals surface area contributed by atoms with Crippen molar-refractivity contribution in [1.82, 2.24) is 15.1 Å². The average Bonchev–Trinajstić information content (AvgIpc) is 2.88. The monoisotopic (exact) mass is 235 g/mol. The van der Waals surface area contributed by atoms with Crippen LogP contribution in [0.2, 0.25) is 0 Å². The minimum absolute atomic E-state index is 0.290. The van der Waals surface area contributed by atoms with Gasteiger partial charge >= 0.3 is 0 Å². The summed E-state index contributed by atoms with van der Waals surface area (Å²) in [5.41, 5.74) is 0.890. The van der Waals surface area contributed by atoms with E-state index in [4.69, 9.17) is 0 Å². The van der Waals surface area contributed by atoms with Crippen LogP contribution in [0.4, 0.5) is 0 Å². The molecule has 0 spiro atoms. The first-order valence-electron chi connectivity index (χ1n) is 6.44. The van der Waals surface area contributed by atoms with Crippen LogP contribution in [0.15, 0.2) is 12.3 Å². The first kappa shape index (κ1) is 12.3. The molecule has 1 fully saturated rings. The second-order valence-electron chi connectivity index (χ2n) is 5.09. The fourth-order valence-corrected chi connectivity index (χ4v) is 2.24. The molecule has 0 aromatic carbocycles. The Kier molecular flexibility index (Phi) is 3.94. The van der Waals surface area contributed by atoms with Gasteiger partial charge in [-0.3, -0.25) is 9.48 Å². The van der Waals surface area contributed by atoms with Gasteiger partial charge in [0.05, 0.1) is 12.1 Å². The Morgan fingerprint density at radius 3 is 3.06 bits per heavy atom. The third kappa shape index (κ3) is 3.40. The number of nitrogens with one attached hydrogen (secondary N) is 1. The zero-order chi connectivity index (χ0) is 12.3. The summed E-state index contributed by atoms with van der Waals surface area (Å²) in [6.07, 6.45) is 5.39. The molecule has 0 amide bonds. The van der Waals surface area contributed by atoms with Crippen molar-refractivity contribution in [2.45, 2.75) is 51.6 Å². The first-order valence-corrected chi connectivity index (χ1v) is 6.44. The Bertz CT molecular complexity index is 378. The van der Waals surface area contributed by atoms with Crippen LogP contribution in [0, 0.1) is 0 Å². The van der Waals surface area contributed by atoms with Crippen molar-refractivity contribution in [3.8, 4) is 0 Å². The number of hydrogen-bond donors (Lipinski definition) is 1. The Morgan fingerprint density at radius 2 is 2.47 bits per heavy atom. The van der Waals surface area contributed by atoms with Crippen LogP contribution in [0.1, 0.15) is 44.8 Å². The minimum atomic E-state index is 0.290. The van der Waals surface area contributed by atoms with Gasteiger partial charge in [0.15, 0.2) is 0 Å². The van der Waals surface area contributed by atoms with E-state index < -0.39 is 0 Å². The molecule has 1 aliphatic heterocycles. The molecule has 1 N–H and O–H groups in total. The second-order valence-corrected chi connectivity index (χ2v) is 5.09. The second kappa shape index (κ2) is 5.45. The summed E-state index contributed by atoms with van der Waals surface area (Å²) in [7, 11) is 0. The fraction of sp³-hybridized carbons (Fsp3) is 0.692. The van der Waals surface area contributed by atoms with Gasteiger partial charge < -0.3 is 5.32 Å². The lowest BCUT2D eigenvalue weighted by Crippen LogP contribution is -2.25. The smallest absolute Gasteiger partial charge is 0.140 e. The molecule has 0 saturated carbocycles. The lowest BCUT2D eigenvalue weighted by atomic mass is 10.1. The van der Waals surface area contributed by atoms with Gasteiger partial charge in [0.2, 0.25) is 0 Å². The molecule has 94 valence electrons. The van der Waals surface area contributed by atoms with E-state index >= 15 is 0 Å². The van der Waals surface area contributed by atoms with Crippen molar-refractivity contribution in [3.63, 3.8) is 0 Å².